The average Bonchev–Trinajstić information content (AvgIpc) is 2.28. The van der Waals surface area contributed by atoms with Crippen LogP contribution in [-0.4, -0.2) is 36.1 Å². The molecule has 1 heterocycles. The summed E-state index contributed by atoms with van der Waals surface area (Å²) in [5.74, 6) is -2.81. The molecule has 1 atom stereocenters. The number of anilines is 2. The standard InChI is InChI=1S/C11H15N3O3/c1-7(11(16)17)10(15)13-8-6-12-5-4-9(8)14(2)3/h4-7H,1-3H3,(H,13,15)(H,16,17). The van der Waals surface area contributed by atoms with Gasteiger partial charge >= 0.3 is 5.97 Å². The van der Waals surface area contributed by atoms with Gasteiger partial charge in [-0.3, -0.25) is 14.6 Å². The van der Waals surface area contributed by atoms with Crippen LogP contribution >= 0.6 is 0 Å². The Morgan fingerprint density at radius 3 is 2.65 bits per heavy atom. The summed E-state index contributed by atoms with van der Waals surface area (Å²) in [6, 6.07) is 1.74. The van der Waals surface area contributed by atoms with E-state index in [9.17, 15) is 9.59 Å². The Bertz CT molecular complexity index is 432. The maximum atomic E-state index is 11.6. The first-order chi connectivity index (χ1) is 7.93. The lowest BCUT2D eigenvalue weighted by molar-refractivity contribution is -0.144. The number of carbonyl (C=O) groups is 2. The normalized spacial score (nSPS) is 11.7. The number of aliphatic carboxylic acids is 1. The Labute approximate surface area is 99.3 Å². The molecule has 2 N–H and O–H groups in total. The van der Waals surface area contributed by atoms with Crippen LogP contribution in [0, 0.1) is 5.92 Å². The van der Waals surface area contributed by atoms with E-state index in [0.717, 1.165) is 5.69 Å². The highest BCUT2D eigenvalue weighted by Gasteiger charge is 2.21. The summed E-state index contributed by atoms with van der Waals surface area (Å²) in [5, 5.41) is 11.3. The lowest BCUT2D eigenvalue weighted by atomic mass is 10.1. The van der Waals surface area contributed by atoms with E-state index in [1.165, 1.54) is 13.1 Å². The molecule has 0 aliphatic rings. The van der Waals surface area contributed by atoms with E-state index in [0.29, 0.717) is 5.69 Å². The number of aromatic nitrogens is 1. The van der Waals surface area contributed by atoms with Gasteiger partial charge in [-0.2, -0.15) is 0 Å². The second kappa shape index (κ2) is 5.29. The van der Waals surface area contributed by atoms with Gasteiger partial charge < -0.3 is 15.3 Å². The van der Waals surface area contributed by atoms with Crippen molar-refractivity contribution in [2.24, 2.45) is 5.92 Å². The quantitative estimate of drug-likeness (QED) is 0.757. The van der Waals surface area contributed by atoms with E-state index in [1.807, 2.05) is 19.0 Å². The van der Waals surface area contributed by atoms with Crippen LogP contribution in [0.4, 0.5) is 11.4 Å². The average molecular weight is 237 g/mol. The Morgan fingerprint density at radius 2 is 2.12 bits per heavy atom. The van der Waals surface area contributed by atoms with E-state index in [-0.39, 0.29) is 0 Å². The topological polar surface area (TPSA) is 82.5 Å². The number of hydrogen-bond acceptors (Lipinski definition) is 4. The molecular weight excluding hydrogens is 222 g/mol. The van der Waals surface area contributed by atoms with Crippen LogP contribution in [0.3, 0.4) is 0 Å². The third-order valence-electron chi connectivity index (χ3n) is 2.30. The Balaban J connectivity index is 2.88. The maximum absolute atomic E-state index is 11.6. The molecule has 0 aliphatic heterocycles. The van der Waals surface area contributed by atoms with Gasteiger partial charge in [0.15, 0.2) is 0 Å². The SMILES string of the molecule is CC(C(=O)O)C(=O)Nc1cnccc1N(C)C. The van der Waals surface area contributed by atoms with Gasteiger partial charge in [0.1, 0.15) is 5.92 Å². The molecule has 0 radical (unpaired) electrons. The van der Waals surface area contributed by atoms with Crippen molar-refractivity contribution in [3.63, 3.8) is 0 Å². The summed E-state index contributed by atoms with van der Waals surface area (Å²) < 4.78 is 0. The summed E-state index contributed by atoms with van der Waals surface area (Å²) >= 11 is 0. The van der Waals surface area contributed by atoms with Gasteiger partial charge in [0, 0.05) is 20.3 Å². The largest absolute Gasteiger partial charge is 0.481 e. The second-order valence-electron chi connectivity index (χ2n) is 3.84. The van der Waals surface area contributed by atoms with Crippen LogP contribution in [0.2, 0.25) is 0 Å². The van der Waals surface area contributed by atoms with Crippen LogP contribution in [0.25, 0.3) is 0 Å². The molecule has 1 amide bonds. The molecule has 1 rings (SSSR count). The van der Waals surface area contributed by atoms with Gasteiger partial charge in [0.25, 0.3) is 0 Å². The van der Waals surface area contributed by atoms with E-state index in [2.05, 4.69) is 10.3 Å². The number of rotatable bonds is 4. The molecule has 0 spiro atoms. The minimum atomic E-state index is -1.15. The van der Waals surface area contributed by atoms with Crippen LogP contribution < -0.4 is 10.2 Å². The van der Waals surface area contributed by atoms with Crippen molar-refractivity contribution in [1.82, 2.24) is 4.98 Å². The van der Waals surface area contributed by atoms with Crippen molar-refractivity contribution < 1.29 is 14.7 Å². The minimum Gasteiger partial charge on any atom is -0.481 e. The number of pyridine rings is 1. The smallest absolute Gasteiger partial charge is 0.315 e. The third-order valence-corrected chi connectivity index (χ3v) is 2.30. The molecule has 1 aromatic heterocycles. The highest BCUT2D eigenvalue weighted by molar-refractivity contribution is 6.05. The van der Waals surface area contributed by atoms with E-state index in [1.54, 1.807) is 12.3 Å². The number of hydrogen-bond donors (Lipinski definition) is 2. The van der Waals surface area contributed by atoms with E-state index >= 15 is 0 Å². The molecule has 0 aromatic carbocycles. The molecule has 6 heteroatoms. The van der Waals surface area contributed by atoms with Crippen LogP contribution in [0.15, 0.2) is 18.5 Å². The highest BCUT2D eigenvalue weighted by Crippen LogP contribution is 2.22. The van der Waals surface area contributed by atoms with Gasteiger partial charge in [-0.15, -0.1) is 0 Å². The molecular formula is C11H15N3O3. The summed E-state index contributed by atoms with van der Waals surface area (Å²) in [6.45, 7) is 1.34. The van der Waals surface area contributed by atoms with Gasteiger partial charge in [-0.05, 0) is 13.0 Å². The summed E-state index contributed by atoms with van der Waals surface area (Å²) in [5.41, 5.74) is 1.27. The van der Waals surface area contributed by atoms with Crippen molar-refractivity contribution in [2.75, 3.05) is 24.3 Å². The lowest BCUT2D eigenvalue weighted by Crippen LogP contribution is -2.27. The molecule has 0 fully saturated rings. The Hall–Kier alpha value is -2.11. The van der Waals surface area contributed by atoms with Gasteiger partial charge in [-0.1, -0.05) is 0 Å². The van der Waals surface area contributed by atoms with Crippen molar-refractivity contribution in [3.8, 4) is 0 Å². The van der Waals surface area contributed by atoms with Gasteiger partial charge in [0.05, 0.1) is 17.6 Å². The molecule has 1 unspecified atom stereocenters. The first-order valence-corrected chi connectivity index (χ1v) is 5.08. The predicted octanol–water partition coefficient (Wildman–Crippen LogP) is 0.807. The minimum absolute atomic E-state index is 0.496. The maximum Gasteiger partial charge on any atom is 0.315 e. The van der Waals surface area contributed by atoms with E-state index < -0.39 is 17.8 Å². The highest BCUT2D eigenvalue weighted by atomic mass is 16.4. The van der Waals surface area contributed by atoms with Gasteiger partial charge in [0.2, 0.25) is 5.91 Å². The van der Waals surface area contributed by atoms with Gasteiger partial charge in [-0.25, -0.2) is 0 Å². The van der Waals surface area contributed by atoms with Crippen molar-refractivity contribution in [2.45, 2.75) is 6.92 Å². The monoisotopic (exact) mass is 237 g/mol. The van der Waals surface area contributed by atoms with Crippen LogP contribution in [0.1, 0.15) is 6.92 Å². The Kier molecular flexibility index (Phi) is 4.03. The summed E-state index contributed by atoms with van der Waals surface area (Å²) in [4.78, 5) is 28.0. The molecule has 1 aromatic rings. The number of nitrogens with one attached hydrogen (secondary N) is 1. The van der Waals surface area contributed by atoms with Crippen molar-refractivity contribution in [1.29, 1.82) is 0 Å². The number of nitrogens with zero attached hydrogens (tertiary/aromatic N) is 2. The fraction of sp³-hybridized carbons (Fsp3) is 0.364. The fourth-order valence-electron chi connectivity index (χ4n) is 1.23. The zero-order valence-corrected chi connectivity index (χ0v) is 9.97. The molecule has 0 saturated carbocycles. The zero-order valence-electron chi connectivity index (χ0n) is 9.97. The number of carboxylic acid groups (broad SMARTS) is 1. The predicted molar refractivity (Wildman–Crippen MR) is 64.0 cm³/mol. The second-order valence-corrected chi connectivity index (χ2v) is 3.84. The molecule has 0 bridgehead atoms. The number of carbonyl (C=O) groups excluding carboxylic acids is 1. The molecule has 0 saturated heterocycles. The summed E-state index contributed by atoms with van der Waals surface area (Å²) in [7, 11) is 3.65. The third kappa shape index (κ3) is 3.17. The number of amides is 1. The molecule has 17 heavy (non-hydrogen) atoms. The zero-order chi connectivity index (χ0) is 13.0. The van der Waals surface area contributed by atoms with Crippen molar-refractivity contribution >= 4 is 23.3 Å². The first-order valence-electron chi connectivity index (χ1n) is 5.08. The lowest BCUT2D eigenvalue weighted by Gasteiger charge is -2.17. The van der Waals surface area contributed by atoms with Crippen LogP contribution in [-0.2, 0) is 9.59 Å². The van der Waals surface area contributed by atoms with Crippen molar-refractivity contribution in [3.05, 3.63) is 18.5 Å². The summed E-state index contributed by atoms with van der Waals surface area (Å²) in [6.07, 6.45) is 3.09. The molecule has 0 aliphatic carbocycles. The molecule has 92 valence electrons. The number of carboxylic acids is 1. The fourth-order valence-corrected chi connectivity index (χ4v) is 1.23. The van der Waals surface area contributed by atoms with E-state index in [4.69, 9.17) is 5.11 Å². The molecule has 6 nitrogen and oxygen atoms in total. The Morgan fingerprint density at radius 1 is 1.47 bits per heavy atom. The van der Waals surface area contributed by atoms with Crippen LogP contribution in [0.5, 0.6) is 0 Å². The first kappa shape index (κ1) is 13.0.